The van der Waals surface area contributed by atoms with Crippen molar-refractivity contribution in [2.75, 3.05) is 13.1 Å². The molecule has 1 aliphatic heterocycles. The first-order valence-corrected chi connectivity index (χ1v) is 5.62. The van der Waals surface area contributed by atoms with Gasteiger partial charge in [-0.1, -0.05) is 13.8 Å². The summed E-state index contributed by atoms with van der Waals surface area (Å²) in [5.41, 5.74) is 0.808. The highest BCUT2D eigenvalue weighted by molar-refractivity contribution is 5.86. The van der Waals surface area contributed by atoms with E-state index in [0.29, 0.717) is 24.9 Å². The number of likely N-dealkylation sites (tertiary alicyclic amines) is 1. The summed E-state index contributed by atoms with van der Waals surface area (Å²) in [5.74, 6) is 0.641. The molecule has 2 N–H and O–H groups in total. The van der Waals surface area contributed by atoms with Gasteiger partial charge in [-0.3, -0.25) is 0 Å². The molecule has 4 nitrogen and oxygen atoms in total. The molecule has 0 saturated carbocycles. The third-order valence-electron chi connectivity index (χ3n) is 3.35. The molecule has 0 aliphatic carbocycles. The second-order valence-electron chi connectivity index (χ2n) is 4.31. The lowest BCUT2D eigenvalue weighted by molar-refractivity contribution is 0.130. The Kier molecular flexibility index (Phi) is 4.12. The van der Waals surface area contributed by atoms with Crippen LogP contribution in [-0.2, 0) is 0 Å². The van der Waals surface area contributed by atoms with Crippen LogP contribution in [0.3, 0.4) is 0 Å². The number of carboxylic acid groups (broad SMARTS) is 1. The number of hydrogen-bond donors (Lipinski definition) is 2. The number of piperidine rings is 1. The van der Waals surface area contributed by atoms with Gasteiger partial charge in [-0.2, -0.15) is 0 Å². The van der Waals surface area contributed by atoms with E-state index < -0.39 is 6.09 Å². The number of hydrogen-bond acceptors (Lipinski definition) is 2. The summed E-state index contributed by atoms with van der Waals surface area (Å²) >= 11 is 0. The Labute approximate surface area is 90.8 Å². The van der Waals surface area contributed by atoms with Crippen molar-refractivity contribution in [2.45, 2.75) is 33.1 Å². The molecule has 4 heteroatoms. The second-order valence-corrected chi connectivity index (χ2v) is 4.31. The number of nitrogens with one attached hydrogen (secondary N) is 1. The Bertz CT molecular complexity index is 245. The second kappa shape index (κ2) is 5.14. The van der Waals surface area contributed by atoms with E-state index in [-0.39, 0.29) is 0 Å². The molecule has 1 saturated heterocycles. The van der Waals surface area contributed by atoms with E-state index in [9.17, 15) is 4.79 Å². The Morgan fingerprint density at radius 1 is 1.53 bits per heavy atom. The van der Waals surface area contributed by atoms with Crippen molar-refractivity contribution in [3.05, 3.63) is 0 Å². The Balaban J connectivity index is 2.43. The summed E-state index contributed by atoms with van der Waals surface area (Å²) in [6.45, 7) is 5.33. The molecule has 0 radical (unpaired) electrons. The van der Waals surface area contributed by atoms with Crippen LogP contribution in [-0.4, -0.2) is 34.9 Å². The third-order valence-corrected chi connectivity index (χ3v) is 3.35. The van der Waals surface area contributed by atoms with E-state index in [0.717, 1.165) is 25.0 Å². The molecular weight excluding hydrogens is 192 g/mol. The zero-order chi connectivity index (χ0) is 11.4. The largest absolute Gasteiger partial charge is 0.465 e. The number of carbonyl (C=O) groups is 1. The van der Waals surface area contributed by atoms with Gasteiger partial charge in [-0.25, -0.2) is 4.79 Å². The lowest BCUT2D eigenvalue weighted by Crippen LogP contribution is -2.40. The van der Waals surface area contributed by atoms with E-state index >= 15 is 0 Å². The maximum Gasteiger partial charge on any atom is 0.407 e. The summed E-state index contributed by atoms with van der Waals surface area (Å²) in [4.78, 5) is 12.1. The van der Waals surface area contributed by atoms with E-state index in [1.165, 1.54) is 4.90 Å². The molecule has 1 amide bonds. The predicted molar refractivity (Wildman–Crippen MR) is 59.5 cm³/mol. The van der Waals surface area contributed by atoms with Crippen LogP contribution in [0.15, 0.2) is 0 Å². The Morgan fingerprint density at radius 2 is 2.07 bits per heavy atom. The van der Waals surface area contributed by atoms with Gasteiger partial charge >= 0.3 is 6.09 Å². The van der Waals surface area contributed by atoms with E-state index in [1.807, 2.05) is 0 Å². The van der Waals surface area contributed by atoms with Crippen LogP contribution in [0.5, 0.6) is 0 Å². The summed E-state index contributed by atoms with van der Waals surface area (Å²) in [6, 6.07) is 0. The fraction of sp³-hybridized carbons (Fsp3) is 0.818. The van der Waals surface area contributed by atoms with Crippen LogP contribution in [0.4, 0.5) is 4.79 Å². The molecule has 1 fully saturated rings. The van der Waals surface area contributed by atoms with Crippen molar-refractivity contribution in [3.63, 3.8) is 0 Å². The zero-order valence-electron chi connectivity index (χ0n) is 9.49. The van der Waals surface area contributed by atoms with Gasteiger partial charge in [0, 0.05) is 24.7 Å². The van der Waals surface area contributed by atoms with E-state index in [1.54, 1.807) is 0 Å². The minimum Gasteiger partial charge on any atom is -0.465 e. The van der Waals surface area contributed by atoms with Gasteiger partial charge in [-0.05, 0) is 25.2 Å². The summed E-state index contributed by atoms with van der Waals surface area (Å²) in [6.07, 6.45) is 1.80. The lowest BCUT2D eigenvalue weighted by Gasteiger charge is -2.31. The van der Waals surface area contributed by atoms with Crippen molar-refractivity contribution in [2.24, 2.45) is 11.8 Å². The monoisotopic (exact) mass is 212 g/mol. The average molecular weight is 212 g/mol. The molecule has 0 unspecified atom stereocenters. The van der Waals surface area contributed by atoms with Crippen molar-refractivity contribution < 1.29 is 9.90 Å². The van der Waals surface area contributed by atoms with Crippen LogP contribution in [0.25, 0.3) is 0 Å². The number of nitrogens with zero attached hydrogens (tertiary/aromatic N) is 1. The van der Waals surface area contributed by atoms with Gasteiger partial charge in [0.1, 0.15) is 0 Å². The third kappa shape index (κ3) is 2.94. The van der Waals surface area contributed by atoms with Crippen molar-refractivity contribution in [1.29, 1.82) is 5.41 Å². The predicted octanol–water partition coefficient (Wildman–Crippen LogP) is 2.44. The fourth-order valence-corrected chi connectivity index (χ4v) is 2.00. The van der Waals surface area contributed by atoms with Crippen molar-refractivity contribution in [1.82, 2.24) is 4.90 Å². The summed E-state index contributed by atoms with van der Waals surface area (Å²) in [7, 11) is 0. The van der Waals surface area contributed by atoms with Gasteiger partial charge in [-0.15, -0.1) is 0 Å². The van der Waals surface area contributed by atoms with Gasteiger partial charge in [0.2, 0.25) is 0 Å². The van der Waals surface area contributed by atoms with Crippen LogP contribution >= 0.6 is 0 Å². The molecule has 0 aromatic heterocycles. The Morgan fingerprint density at radius 3 is 2.47 bits per heavy atom. The van der Waals surface area contributed by atoms with Crippen LogP contribution in [0.1, 0.15) is 33.1 Å². The molecule has 0 bridgehead atoms. The quantitative estimate of drug-likeness (QED) is 0.706. The molecule has 15 heavy (non-hydrogen) atoms. The molecule has 86 valence electrons. The minimum absolute atomic E-state index is 0.301. The highest BCUT2D eigenvalue weighted by Gasteiger charge is 2.26. The molecule has 0 spiro atoms. The molecule has 1 aliphatic rings. The highest BCUT2D eigenvalue weighted by atomic mass is 16.4. The fourth-order valence-electron chi connectivity index (χ4n) is 2.00. The normalized spacial score (nSPS) is 20.0. The smallest absolute Gasteiger partial charge is 0.407 e. The van der Waals surface area contributed by atoms with Crippen LogP contribution in [0.2, 0.25) is 0 Å². The molecule has 1 atom stereocenters. The van der Waals surface area contributed by atoms with Gasteiger partial charge < -0.3 is 15.4 Å². The molecule has 0 aromatic rings. The van der Waals surface area contributed by atoms with Crippen LogP contribution < -0.4 is 0 Å². The van der Waals surface area contributed by atoms with Crippen LogP contribution in [0, 0.1) is 17.2 Å². The molecular formula is C11H20N2O2. The van der Waals surface area contributed by atoms with Gasteiger partial charge in [0.15, 0.2) is 0 Å². The zero-order valence-corrected chi connectivity index (χ0v) is 9.49. The maximum atomic E-state index is 10.7. The average Bonchev–Trinajstić information content (AvgIpc) is 2.27. The van der Waals surface area contributed by atoms with E-state index in [4.69, 9.17) is 10.5 Å². The van der Waals surface area contributed by atoms with E-state index in [2.05, 4.69) is 13.8 Å². The summed E-state index contributed by atoms with van der Waals surface area (Å²) in [5, 5.41) is 16.8. The SMILES string of the molecule is CC[C@H](C)C(=N)C1CCN(C(=O)O)CC1. The van der Waals surface area contributed by atoms with Gasteiger partial charge in [0.05, 0.1) is 0 Å². The number of amides is 1. The minimum atomic E-state index is -0.830. The first kappa shape index (κ1) is 12.0. The van der Waals surface area contributed by atoms with Gasteiger partial charge in [0.25, 0.3) is 0 Å². The highest BCUT2D eigenvalue weighted by Crippen LogP contribution is 2.22. The molecule has 1 heterocycles. The first-order valence-electron chi connectivity index (χ1n) is 5.62. The van der Waals surface area contributed by atoms with Crippen molar-refractivity contribution >= 4 is 11.8 Å². The summed E-state index contributed by atoms with van der Waals surface area (Å²) < 4.78 is 0. The first-order chi connectivity index (χ1) is 7.06. The standard InChI is InChI=1S/C11H20N2O2/c1-3-8(2)10(12)9-4-6-13(7-5-9)11(14)15/h8-9,12H,3-7H2,1-2H3,(H,14,15)/t8-/m0/s1. The topological polar surface area (TPSA) is 64.4 Å². The maximum absolute atomic E-state index is 10.7. The van der Waals surface area contributed by atoms with Crippen molar-refractivity contribution in [3.8, 4) is 0 Å². The molecule has 1 rings (SSSR count). The molecule has 0 aromatic carbocycles. The Hall–Kier alpha value is -1.06. The number of rotatable bonds is 3. The lowest BCUT2D eigenvalue weighted by atomic mass is 9.85.